The first kappa shape index (κ1) is 16.8. The lowest BCUT2D eigenvalue weighted by Crippen LogP contribution is -2.31. The number of nitrogens with zero attached hydrogens (tertiary/aromatic N) is 1. The van der Waals surface area contributed by atoms with E-state index in [2.05, 4.69) is 18.3 Å². The zero-order valence-electron chi connectivity index (χ0n) is 14.0. The van der Waals surface area contributed by atoms with Crippen LogP contribution in [0.2, 0.25) is 0 Å². The Hall–Kier alpha value is -1.55. The molecule has 1 amide bonds. The molecule has 1 aromatic carbocycles. The zero-order chi connectivity index (χ0) is 15.9. The van der Waals surface area contributed by atoms with Gasteiger partial charge in [0, 0.05) is 19.5 Å². The van der Waals surface area contributed by atoms with E-state index in [9.17, 15) is 4.79 Å². The van der Waals surface area contributed by atoms with Crippen LogP contribution in [0.3, 0.4) is 0 Å². The van der Waals surface area contributed by atoms with Gasteiger partial charge in [-0.15, -0.1) is 0 Å². The number of hydrogen-bond acceptors (Lipinski definition) is 3. The third kappa shape index (κ3) is 4.47. The maximum atomic E-state index is 12.4. The number of para-hydroxylation sites is 1. The third-order valence-corrected chi connectivity index (χ3v) is 4.42. The van der Waals surface area contributed by atoms with Crippen molar-refractivity contribution in [2.45, 2.75) is 26.2 Å². The molecule has 2 atom stereocenters. The number of methoxy groups -OCH3 is 1. The van der Waals surface area contributed by atoms with Crippen molar-refractivity contribution in [2.24, 2.45) is 11.8 Å². The van der Waals surface area contributed by atoms with Crippen molar-refractivity contribution in [2.75, 3.05) is 33.8 Å². The average molecular weight is 304 g/mol. The van der Waals surface area contributed by atoms with Crippen LogP contribution >= 0.6 is 0 Å². The van der Waals surface area contributed by atoms with E-state index in [0.717, 1.165) is 38.2 Å². The Kier molecular flexibility index (Phi) is 6.25. The van der Waals surface area contributed by atoms with E-state index in [1.165, 1.54) is 5.56 Å². The molecule has 0 aromatic heterocycles. The second-order valence-corrected chi connectivity index (χ2v) is 6.38. The topological polar surface area (TPSA) is 41.6 Å². The van der Waals surface area contributed by atoms with Gasteiger partial charge in [0.1, 0.15) is 5.75 Å². The molecule has 0 aliphatic carbocycles. The van der Waals surface area contributed by atoms with Gasteiger partial charge in [0.15, 0.2) is 0 Å². The van der Waals surface area contributed by atoms with E-state index in [1.807, 2.05) is 30.1 Å². The predicted molar refractivity (Wildman–Crippen MR) is 89.1 cm³/mol. The molecule has 122 valence electrons. The fourth-order valence-electron chi connectivity index (χ4n) is 3.26. The highest BCUT2D eigenvalue weighted by Crippen LogP contribution is 2.23. The highest BCUT2D eigenvalue weighted by Gasteiger charge is 2.26. The summed E-state index contributed by atoms with van der Waals surface area (Å²) in [5, 5.41) is 3.20. The van der Waals surface area contributed by atoms with Gasteiger partial charge in [-0.2, -0.15) is 0 Å². The molecular formula is C18H28N2O2. The number of benzene rings is 1. The molecule has 1 aliphatic heterocycles. The Labute approximate surface area is 133 Å². The van der Waals surface area contributed by atoms with Crippen molar-refractivity contribution in [3.8, 4) is 5.75 Å². The Morgan fingerprint density at radius 3 is 2.95 bits per heavy atom. The van der Waals surface area contributed by atoms with Gasteiger partial charge in [-0.1, -0.05) is 25.1 Å². The van der Waals surface area contributed by atoms with E-state index in [1.54, 1.807) is 7.11 Å². The molecule has 0 bridgehead atoms. The van der Waals surface area contributed by atoms with Crippen LogP contribution in [0, 0.1) is 11.8 Å². The molecule has 1 aromatic rings. The Balaban J connectivity index is 1.84. The first-order valence-corrected chi connectivity index (χ1v) is 8.18. The standard InChI is InChI=1S/C18H28N2O2/c1-14(10-16-6-4-5-7-17(16)22-3)11-18(21)20-9-8-15(13-20)12-19-2/h4-7,14-15,19H,8-13H2,1-3H3. The number of ether oxygens (including phenoxy) is 1. The van der Waals surface area contributed by atoms with E-state index in [-0.39, 0.29) is 0 Å². The Morgan fingerprint density at radius 1 is 1.45 bits per heavy atom. The second-order valence-electron chi connectivity index (χ2n) is 6.38. The number of likely N-dealkylation sites (tertiary alicyclic amines) is 1. The first-order chi connectivity index (χ1) is 10.6. The minimum absolute atomic E-state index is 0.293. The first-order valence-electron chi connectivity index (χ1n) is 8.18. The summed E-state index contributed by atoms with van der Waals surface area (Å²) in [6.07, 6.45) is 2.61. The van der Waals surface area contributed by atoms with Crippen LogP contribution in [0.15, 0.2) is 24.3 Å². The van der Waals surface area contributed by atoms with Gasteiger partial charge >= 0.3 is 0 Å². The Morgan fingerprint density at radius 2 is 2.23 bits per heavy atom. The van der Waals surface area contributed by atoms with E-state index < -0.39 is 0 Å². The summed E-state index contributed by atoms with van der Waals surface area (Å²) >= 11 is 0. The molecule has 0 saturated carbocycles. The van der Waals surface area contributed by atoms with Crippen LogP contribution in [0.5, 0.6) is 5.75 Å². The number of nitrogens with one attached hydrogen (secondary N) is 1. The summed E-state index contributed by atoms with van der Waals surface area (Å²) in [7, 11) is 3.67. The number of carbonyl (C=O) groups is 1. The van der Waals surface area contributed by atoms with Crippen LogP contribution in [0.25, 0.3) is 0 Å². The summed E-state index contributed by atoms with van der Waals surface area (Å²) in [4.78, 5) is 14.5. The zero-order valence-corrected chi connectivity index (χ0v) is 14.0. The summed E-state index contributed by atoms with van der Waals surface area (Å²) in [6, 6.07) is 8.06. The average Bonchev–Trinajstić information content (AvgIpc) is 2.97. The van der Waals surface area contributed by atoms with Crippen LogP contribution in [-0.4, -0.2) is 44.6 Å². The van der Waals surface area contributed by atoms with Gasteiger partial charge in [0.05, 0.1) is 7.11 Å². The molecule has 1 N–H and O–H groups in total. The van der Waals surface area contributed by atoms with E-state index in [4.69, 9.17) is 4.74 Å². The van der Waals surface area contributed by atoms with E-state index >= 15 is 0 Å². The second kappa shape index (κ2) is 8.18. The van der Waals surface area contributed by atoms with Crippen molar-refractivity contribution in [3.63, 3.8) is 0 Å². The van der Waals surface area contributed by atoms with Gasteiger partial charge in [-0.25, -0.2) is 0 Å². The summed E-state index contributed by atoms with van der Waals surface area (Å²) in [5.41, 5.74) is 1.18. The third-order valence-electron chi connectivity index (χ3n) is 4.42. The van der Waals surface area contributed by atoms with Gasteiger partial charge in [-0.3, -0.25) is 4.79 Å². The maximum Gasteiger partial charge on any atom is 0.222 e. The van der Waals surface area contributed by atoms with Crippen molar-refractivity contribution in [3.05, 3.63) is 29.8 Å². The number of carbonyl (C=O) groups excluding carboxylic acids is 1. The highest BCUT2D eigenvalue weighted by atomic mass is 16.5. The quantitative estimate of drug-likeness (QED) is 0.840. The van der Waals surface area contributed by atoms with Crippen molar-refractivity contribution < 1.29 is 9.53 Å². The van der Waals surface area contributed by atoms with Crippen LogP contribution in [0.4, 0.5) is 0 Å². The molecule has 2 rings (SSSR count). The van der Waals surface area contributed by atoms with Gasteiger partial charge < -0.3 is 15.0 Å². The fraction of sp³-hybridized carbons (Fsp3) is 0.611. The summed E-state index contributed by atoms with van der Waals surface area (Å²) < 4.78 is 5.39. The highest BCUT2D eigenvalue weighted by molar-refractivity contribution is 5.76. The molecule has 22 heavy (non-hydrogen) atoms. The molecule has 4 nitrogen and oxygen atoms in total. The SMILES string of the molecule is CNCC1CCN(C(=O)CC(C)Cc2ccccc2OC)C1. The minimum atomic E-state index is 0.293. The van der Waals surface area contributed by atoms with Crippen LogP contribution in [0.1, 0.15) is 25.3 Å². The normalized spacial score (nSPS) is 19.2. The smallest absolute Gasteiger partial charge is 0.222 e. The van der Waals surface area contributed by atoms with Crippen LogP contribution < -0.4 is 10.1 Å². The fourth-order valence-corrected chi connectivity index (χ4v) is 3.26. The molecule has 1 heterocycles. The maximum absolute atomic E-state index is 12.4. The lowest BCUT2D eigenvalue weighted by atomic mass is 9.97. The van der Waals surface area contributed by atoms with Crippen molar-refractivity contribution in [1.29, 1.82) is 0 Å². The predicted octanol–water partition coefficient (Wildman–Crippen LogP) is 2.33. The molecule has 0 radical (unpaired) electrons. The summed E-state index contributed by atoms with van der Waals surface area (Å²) in [5.74, 6) is 2.14. The molecule has 1 aliphatic rings. The minimum Gasteiger partial charge on any atom is -0.496 e. The lowest BCUT2D eigenvalue weighted by Gasteiger charge is -2.20. The molecule has 1 saturated heterocycles. The number of amides is 1. The summed E-state index contributed by atoms with van der Waals surface area (Å²) in [6.45, 7) is 4.96. The monoisotopic (exact) mass is 304 g/mol. The molecule has 1 fully saturated rings. The van der Waals surface area contributed by atoms with Crippen LogP contribution in [-0.2, 0) is 11.2 Å². The molecule has 0 spiro atoms. The van der Waals surface area contributed by atoms with Gasteiger partial charge in [-0.05, 0) is 49.9 Å². The Bertz CT molecular complexity index is 490. The molecular weight excluding hydrogens is 276 g/mol. The number of rotatable bonds is 7. The van der Waals surface area contributed by atoms with Gasteiger partial charge in [0.2, 0.25) is 5.91 Å². The van der Waals surface area contributed by atoms with Crippen molar-refractivity contribution in [1.82, 2.24) is 10.2 Å². The number of hydrogen-bond donors (Lipinski definition) is 1. The molecule has 4 heteroatoms. The van der Waals surface area contributed by atoms with E-state index in [0.29, 0.717) is 24.2 Å². The molecule has 2 unspecified atom stereocenters. The van der Waals surface area contributed by atoms with Crippen molar-refractivity contribution >= 4 is 5.91 Å². The van der Waals surface area contributed by atoms with Gasteiger partial charge in [0.25, 0.3) is 0 Å². The largest absolute Gasteiger partial charge is 0.496 e. The lowest BCUT2D eigenvalue weighted by molar-refractivity contribution is -0.131.